The van der Waals surface area contributed by atoms with Gasteiger partial charge >= 0.3 is 11.9 Å². The molecule has 1 amide bonds. The topological polar surface area (TPSA) is 92.7 Å². The fourth-order valence-electron chi connectivity index (χ4n) is 1.93. The van der Waals surface area contributed by atoms with Gasteiger partial charge in [-0.2, -0.15) is 0 Å². The minimum atomic E-state index is -1.22. The number of nitrogens with one attached hydrogen (secondary N) is 1. The zero-order valence-electron chi connectivity index (χ0n) is 9.77. The molecule has 0 unspecified atom stereocenters. The van der Waals surface area contributed by atoms with Crippen LogP contribution in [0.2, 0.25) is 0 Å². The molecular formula is C11H17NO5. The van der Waals surface area contributed by atoms with E-state index in [0.29, 0.717) is 0 Å². The second-order valence-electron chi connectivity index (χ2n) is 4.16. The molecule has 1 saturated carbocycles. The van der Waals surface area contributed by atoms with Gasteiger partial charge in [-0.3, -0.25) is 9.59 Å². The van der Waals surface area contributed by atoms with Crippen LogP contribution in [0.1, 0.15) is 32.1 Å². The van der Waals surface area contributed by atoms with Gasteiger partial charge in [-0.1, -0.05) is 12.8 Å². The fourth-order valence-corrected chi connectivity index (χ4v) is 1.93. The Labute approximate surface area is 99.3 Å². The van der Waals surface area contributed by atoms with E-state index in [1.807, 2.05) is 0 Å². The summed E-state index contributed by atoms with van der Waals surface area (Å²) in [6.45, 7) is 0. The summed E-state index contributed by atoms with van der Waals surface area (Å²) in [6.07, 6.45) is 3.22. The summed E-state index contributed by atoms with van der Waals surface area (Å²) in [5.74, 6) is -2.26. The van der Waals surface area contributed by atoms with E-state index in [2.05, 4.69) is 10.1 Å². The second-order valence-corrected chi connectivity index (χ2v) is 4.16. The van der Waals surface area contributed by atoms with Crippen LogP contribution in [-0.4, -0.2) is 36.1 Å². The Morgan fingerprint density at radius 2 is 1.94 bits per heavy atom. The maximum atomic E-state index is 11.7. The number of hydrogen-bond donors (Lipinski definition) is 2. The van der Waals surface area contributed by atoms with Crippen LogP contribution in [0.3, 0.4) is 0 Å². The number of esters is 1. The molecule has 96 valence electrons. The number of carbonyl (C=O) groups is 3. The molecular weight excluding hydrogens is 226 g/mol. The van der Waals surface area contributed by atoms with Crippen molar-refractivity contribution in [1.29, 1.82) is 0 Å². The average molecular weight is 243 g/mol. The number of amides is 1. The Morgan fingerprint density at radius 1 is 1.35 bits per heavy atom. The predicted molar refractivity (Wildman–Crippen MR) is 58.2 cm³/mol. The first-order chi connectivity index (χ1) is 8.04. The minimum absolute atomic E-state index is 0.116. The van der Waals surface area contributed by atoms with Gasteiger partial charge in [0, 0.05) is 5.92 Å². The van der Waals surface area contributed by atoms with E-state index in [4.69, 9.17) is 5.11 Å². The van der Waals surface area contributed by atoms with Crippen LogP contribution < -0.4 is 5.32 Å². The van der Waals surface area contributed by atoms with Gasteiger partial charge in [0.1, 0.15) is 6.04 Å². The number of methoxy groups -OCH3 is 1. The van der Waals surface area contributed by atoms with E-state index in [-0.39, 0.29) is 18.2 Å². The molecule has 1 aliphatic rings. The lowest BCUT2D eigenvalue weighted by Crippen LogP contribution is -2.44. The molecule has 0 aromatic carbocycles. The van der Waals surface area contributed by atoms with E-state index in [0.717, 1.165) is 25.7 Å². The molecule has 6 heteroatoms. The third-order valence-electron chi connectivity index (χ3n) is 2.94. The molecule has 1 fully saturated rings. The molecule has 0 radical (unpaired) electrons. The van der Waals surface area contributed by atoms with Gasteiger partial charge in [-0.05, 0) is 12.8 Å². The van der Waals surface area contributed by atoms with Crippen molar-refractivity contribution in [3.63, 3.8) is 0 Å². The van der Waals surface area contributed by atoms with Crippen LogP contribution in [0, 0.1) is 5.92 Å². The Hall–Kier alpha value is -1.59. The summed E-state index contributed by atoms with van der Waals surface area (Å²) in [6, 6.07) is -1.20. The largest absolute Gasteiger partial charge is 0.480 e. The highest BCUT2D eigenvalue weighted by Crippen LogP contribution is 2.24. The van der Waals surface area contributed by atoms with Crippen LogP contribution in [0.15, 0.2) is 0 Å². The third-order valence-corrected chi connectivity index (χ3v) is 2.94. The lowest BCUT2D eigenvalue weighted by atomic mass is 10.1. The van der Waals surface area contributed by atoms with Crippen molar-refractivity contribution >= 4 is 17.8 Å². The van der Waals surface area contributed by atoms with Crippen molar-refractivity contribution in [2.45, 2.75) is 38.1 Å². The summed E-state index contributed by atoms with van der Waals surface area (Å²) < 4.78 is 4.38. The molecule has 1 aliphatic carbocycles. The zero-order valence-corrected chi connectivity index (χ0v) is 9.77. The fraction of sp³-hybridized carbons (Fsp3) is 0.727. The Balaban J connectivity index is 2.50. The van der Waals surface area contributed by atoms with E-state index < -0.39 is 18.0 Å². The van der Waals surface area contributed by atoms with Gasteiger partial charge in [-0.15, -0.1) is 0 Å². The van der Waals surface area contributed by atoms with Crippen molar-refractivity contribution in [1.82, 2.24) is 5.32 Å². The molecule has 0 spiro atoms. The zero-order chi connectivity index (χ0) is 12.8. The smallest absolute Gasteiger partial charge is 0.326 e. The lowest BCUT2D eigenvalue weighted by molar-refractivity contribution is -0.149. The van der Waals surface area contributed by atoms with Gasteiger partial charge in [0.05, 0.1) is 13.5 Å². The highest BCUT2D eigenvalue weighted by molar-refractivity contribution is 5.88. The number of hydrogen-bond acceptors (Lipinski definition) is 4. The van der Waals surface area contributed by atoms with E-state index in [1.165, 1.54) is 7.11 Å². The molecule has 6 nitrogen and oxygen atoms in total. The molecule has 0 heterocycles. The minimum Gasteiger partial charge on any atom is -0.480 e. The van der Waals surface area contributed by atoms with Gasteiger partial charge in [0.25, 0.3) is 0 Å². The SMILES string of the molecule is COC(=O)C[C@H](NC(=O)C1CCCC1)C(=O)O. The highest BCUT2D eigenvalue weighted by atomic mass is 16.5. The van der Waals surface area contributed by atoms with Gasteiger partial charge < -0.3 is 15.2 Å². The number of carboxylic acids is 1. The first-order valence-electron chi connectivity index (χ1n) is 5.64. The Bertz CT molecular complexity index is 309. The molecule has 0 aromatic rings. The maximum absolute atomic E-state index is 11.7. The van der Waals surface area contributed by atoms with Crippen molar-refractivity contribution in [2.24, 2.45) is 5.92 Å². The normalized spacial score (nSPS) is 17.5. The Kier molecular flexibility index (Phi) is 4.93. The maximum Gasteiger partial charge on any atom is 0.326 e. The van der Waals surface area contributed by atoms with Crippen LogP contribution in [-0.2, 0) is 19.1 Å². The third kappa shape index (κ3) is 4.05. The molecule has 2 N–H and O–H groups in total. The van der Waals surface area contributed by atoms with Crippen LogP contribution in [0.25, 0.3) is 0 Å². The molecule has 1 rings (SSSR count). The van der Waals surface area contributed by atoms with E-state index in [9.17, 15) is 14.4 Å². The summed E-state index contributed by atoms with van der Waals surface area (Å²) in [5, 5.41) is 11.3. The van der Waals surface area contributed by atoms with E-state index in [1.54, 1.807) is 0 Å². The quantitative estimate of drug-likeness (QED) is 0.678. The molecule has 0 aromatic heterocycles. The van der Waals surface area contributed by atoms with Crippen molar-refractivity contribution in [3.05, 3.63) is 0 Å². The molecule has 0 bridgehead atoms. The average Bonchev–Trinajstić information content (AvgIpc) is 2.81. The standard InChI is InChI=1S/C11H17NO5/c1-17-9(13)6-8(11(15)16)12-10(14)7-4-2-3-5-7/h7-8H,2-6H2,1H3,(H,12,14)(H,15,16)/t8-/m0/s1. The molecule has 0 saturated heterocycles. The van der Waals surface area contributed by atoms with Crippen molar-refractivity contribution in [3.8, 4) is 0 Å². The van der Waals surface area contributed by atoms with Crippen LogP contribution >= 0.6 is 0 Å². The van der Waals surface area contributed by atoms with Gasteiger partial charge in [0.2, 0.25) is 5.91 Å². The van der Waals surface area contributed by atoms with Crippen LogP contribution in [0.5, 0.6) is 0 Å². The number of rotatable bonds is 5. The van der Waals surface area contributed by atoms with E-state index >= 15 is 0 Å². The number of carbonyl (C=O) groups excluding carboxylic acids is 2. The summed E-state index contributed by atoms with van der Waals surface area (Å²) in [7, 11) is 1.18. The number of carboxylic acid groups (broad SMARTS) is 1. The summed E-state index contributed by atoms with van der Waals surface area (Å²) in [4.78, 5) is 33.6. The first kappa shape index (κ1) is 13.5. The second kappa shape index (κ2) is 6.22. The Morgan fingerprint density at radius 3 is 2.41 bits per heavy atom. The molecule has 17 heavy (non-hydrogen) atoms. The number of aliphatic carboxylic acids is 1. The van der Waals surface area contributed by atoms with Crippen molar-refractivity contribution < 1.29 is 24.2 Å². The highest BCUT2D eigenvalue weighted by Gasteiger charge is 2.28. The van der Waals surface area contributed by atoms with Crippen molar-refractivity contribution in [2.75, 3.05) is 7.11 Å². The summed E-state index contributed by atoms with van der Waals surface area (Å²) in [5.41, 5.74) is 0. The lowest BCUT2D eigenvalue weighted by Gasteiger charge is -2.16. The monoisotopic (exact) mass is 243 g/mol. The predicted octanol–water partition coefficient (Wildman–Crippen LogP) is 0.309. The van der Waals surface area contributed by atoms with Crippen LogP contribution in [0.4, 0.5) is 0 Å². The van der Waals surface area contributed by atoms with Gasteiger partial charge in [0.15, 0.2) is 0 Å². The first-order valence-corrected chi connectivity index (χ1v) is 5.64. The molecule has 1 atom stereocenters. The summed E-state index contributed by atoms with van der Waals surface area (Å²) >= 11 is 0. The van der Waals surface area contributed by atoms with Gasteiger partial charge in [-0.25, -0.2) is 4.79 Å². The molecule has 0 aliphatic heterocycles. The number of ether oxygens (including phenoxy) is 1.